The molecule has 1 unspecified atom stereocenters. The number of fused-ring (bicyclic) bond motifs is 1. The van der Waals surface area contributed by atoms with E-state index in [-0.39, 0.29) is 6.04 Å². The van der Waals surface area contributed by atoms with Crippen molar-refractivity contribution in [2.75, 3.05) is 0 Å². The lowest BCUT2D eigenvalue weighted by atomic mass is 9.95. The highest BCUT2D eigenvalue weighted by molar-refractivity contribution is 5.97. The topological polar surface area (TPSA) is 24.7 Å². The van der Waals surface area contributed by atoms with Crippen LogP contribution in [0.25, 0.3) is 0 Å². The maximum atomic E-state index is 4.82. The third-order valence-corrected chi connectivity index (χ3v) is 3.35. The van der Waals surface area contributed by atoms with Crippen LogP contribution in [-0.4, -0.2) is 12.1 Å². The van der Waals surface area contributed by atoms with E-state index in [4.69, 9.17) is 4.99 Å². The fourth-order valence-electron chi connectivity index (χ4n) is 2.35. The lowest BCUT2D eigenvalue weighted by molar-refractivity contribution is 0.865. The standard InChI is InChI=1S/C17H16N2/c1-2-16-18-12-14-10-6-7-11-15(14)17(19-16)13-8-4-3-5-9-13/h3-12,17H,2H2,1H3. The minimum atomic E-state index is 0.0508. The minimum Gasteiger partial charge on any atom is -0.258 e. The van der Waals surface area contributed by atoms with Crippen LogP contribution in [0.4, 0.5) is 0 Å². The molecule has 0 saturated heterocycles. The zero-order chi connectivity index (χ0) is 13.1. The van der Waals surface area contributed by atoms with Crippen molar-refractivity contribution in [1.82, 2.24) is 0 Å². The molecule has 94 valence electrons. The molecule has 0 radical (unpaired) electrons. The third kappa shape index (κ3) is 2.34. The van der Waals surface area contributed by atoms with Gasteiger partial charge in [-0.15, -0.1) is 0 Å². The van der Waals surface area contributed by atoms with Gasteiger partial charge in [0.15, 0.2) is 0 Å². The summed E-state index contributed by atoms with van der Waals surface area (Å²) in [6.45, 7) is 2.09. The first-order chi connectivity index (χ1) is 9.38. The van der Waals surface area contributed by atoms with Crippen LogP contribution in [0.2, 0.25) is 0 Å². The zero-order valence-corrected chi connectivity index (χ0v) is 11.0. The Kier molecular flexibility index (Phi) is 3.23. The molecule has 3 rings (SSSR count). The smallest absolute Gasteiger partial charge is 0.124 e. The number of aliphatic imine (C=N–C) groups is 2. The Hall–Kier alpha value is -2.22. The Morgan fingerprint density at radius 1 is 0.947 bits per heavy atom. The summed E-state index contributed by atoms with van der Waals surface area (Å²) in [5, 5.41) is 0. The van der Waals surface area contributed by atoms with Gasteiger partial charge >= 0.3 is 0 Å². The number of rotatable bonds is 2. The quantitative estimate of drug-likeness (QED) is 0.767. The molecule has 0 spiro atoms. The number of amidine groups is 1. The van der Waals surface area contributed by atoms with Crippen molar-refractivity contribution in [3.05, 3.63) is 71.3 Å². The summed E-state index contributed by atoms with van der Waals surface area (Å²) in [6, 6.07) is 18.8. The fourth-order valence-corrected chi connectivity index (χ4v) is 2.35. The van der Waals surface area contributed by atoms with E-state index in [2.05, 4.69) is 54.4 Å². The van der Waals surface area contributed by atoms with Crippen LogP contribution < -0.4 is 0 Å². The molecule has 0 fully saturated rings. The van der Waals surface area contributed by atoms with Crippen LogP contribution in [0.5, 0.6) is 0 Å². The molecule has 2 aromatic carbocycles. The normalized spacial score (nSPS) is 17.5. The Labute approximate surface area is 113 Å². The summed E-state index contributed by atoms with van der Waals surface area (Å²) in [5.74, 6) is 0.907. The van der Waals surface area contributed by atoms with E-state index in [1.54, 1.807) is 0 Å². The first-order valence-corrected chi connectivity index (χ1v) is 6.63. The van der Waals surface area contributed by atoms with Gasteiger partial charge in [-0.3, -0.25) is 4.99 Å². The molecular weight excluding hydrogens is 232 g/mol. The largest absolute Gasteiger partial charge is 0.258 e. The second kappa shape index (κ2) is 5.19. The number of hydrogen-bond acceptors (Lipinski definition) is 2. The summed E-state index contributed by atoms with van der Waals surface area (Å²) < 4.78 is 0. The highest BCUT2D eigenvalue weighted by Gasteiger charge is 2.18. The van der Waals surface area contributed by atoms with Crippen molar-refractivity contribution in [1.29, 1.82) is 0 Å². The zero-order valence-electron chi connectivity index (χ0n) is 11.0. The van der Waals surface area contributed by atoms with Gasteiger partial charge in [0.05, 0.1) is 0 Å². The van der Waals surface area contributed by atoms with Crippen molar-refractivity contribution in [3.8, 4) is 0 Å². The highest BCUT2D eigenvalue weighted by Crippen LogP contribution is 2.30. The molecule has 0 aliphatic carbocycles. The Morgan fingerprint density at radius 3 is 2.47 bits per heavy atom. The van der Waals surface area contributed by atoms with Gasteiger partial charge in [-0.1, -0.05) is 61.5 Å². The SMILES string of the molecule is CCC1=NC(c2ccccc2)c2ccccc2C=N1. The van der Waals surface area contributed by atoms with Gasteiger partial charge in [0.25, 0.3) is 0 Å². The maximum absolute atomic E-state index is 4.82. The first-order valence-electron chi connectivity index (χ1n) is 6.63. The predicted molar refractivity (Wildman–Crippen MR) is 80.0 cm³/mol. The molecule has 1 aliphatic heterocycles. The Morgan fingerprint density at radius 2 is 1.68 bits per heavy atom. The van der Waals surface area contributed by atoms with Gasteiger partial charge < -0.3 is 0 Å². The van der Waals surface area contributed by atoms with E-state index in [1.165, 1.54) is 11.1 Å². The minimum absolute atomic E-state index is 0.0508. The van der Waals surface area contributed by atoms with Crippen LogP contribution in [0.1, 0.15) is 36.1 Å². The van der Waals surface area contributed by atoms with Crippen LogP contribution in [-0.2, 0) is 0 Å². The van der Waals surface area contributed by atoms with Crippen molar-refractivity contribution in [3.63, 3.8) is 0 Å². The second-order valence-electron chi connectivity index (χ2n) is 4.60. The molecule has 0 amide bonds. The van der Waals surface area contributed by atoms with E-state index in [1.807, 2.05) is 18.3 Å². The van der Waals surface area contributed by atoms with Crippen molar-refractivity contribution in [2.45, 2.75) is 19.4 Å². The molecule has 0 saturated carbocycles. The van der Waals surface area contributed by atoms with E-state index >= 15 is 0 Å². The first kappa shape index (κ1) is 11.8. The van der Waals surface area contributed by atoms with Crippen molar-refractivity contribution in [2.24, 2.45) is 9.98 Å². The van der Waals surface area contributed by atoms with Crippen LogP contribution in [0.15, 0.2) is 64.6 Å². The Balaban J connectivity index is 2.16. The molecule has 1 heterocycles. The van der Waals surface area contributed by atoms with Crippen LogP contribution in [0.3, 0.4) is 0 Å². The van der Waals surface area contributed by atoms with Gasteiger partial charge in [0.2, 0.25) is 0 Å². The van der Waals surface area contributed by atoms with E-state index in [0.29, 0.717) is 0 Å². The molecule has 0 aromatic heterocycles. The number of nitrogens with zero attached hydrogens (tertiary/aromatic N) is 2. The van der Waals surface area contributed by atoms with Gasteiger partial charge in [-0.25, -0.2) is 4.99 Å². The van der Waals surface area contributed by atoms with Gasteiger partial charge in [-0.05, 0) is 16.7 Å². The molecule has 1 aliphatic rings. The third-order valence-electron chi connectivity index (χ3n) is 3.35. The summed E-state index contributed by atoms with van der Waals surface area (Å²) in [4.78, 5) is 9.31. The summed E-state index contributed by atoms with van der Waals surface area (Å²) in [7, 11) is 0. The summed E-state index contributed by atoms with van der Waals surface area (Å²) >= 11 is 0. The summed E-state index contributed by atoms with van der Waals surface area (Å²) in [6.07, 6.45) is 2.79. The Bertz CT molecular complexity index is 627. The van der Waals surface area contributed by atoms with E-state index in [0.717, 1.165) is 17.8 Å². The van der Waals surface area contributed by atoms with Crippen molar-refractivity contribution >= 4 is 12.1 Å². The van der Waals surface area contributed by atoms with Gasteiger partial charge in [0.1, 0.15) is 11.9 Å². The van der Waals surface area contributed by atoms with Gasteiger partial charge in [0, 0.05) is 12.6 Å². The lowest BCUT2D eigenvalue weighted by Crippen LogP contribution is -2.02. The van der Waals surface area contributed by atoms with Crippen molar-refractivity contribution < 1.29 is 0 Å². The molecule has 0 bridgehead atoms. The number of benzene rings is 2. The number of hydrogen-bond donors (Lipinski definition) is 0. The predicted octanol–water partition coefficient (Wildman–Crippen LogP) is 4.02. The molecule has 2 heteroatoms. The average molecular weight is 248 g/mol. The highest BCUT2D eigenvalue weighted by atomic mass is 14.9. The van der Waals surface area contributed by atoms with Crippen LogP contribution in [0, 0.1) is 0 Å². The average Bonchev–Trinajstić information content (AvgIpc) is 2.68. The molecule has 19 heavy (non-hydrogen) atoms. The fraction of sp³-hybridized carbons (Fsp3) is 0.176. The van der Waals surface area contributed by atoms with Crippen LogP contribution >= 0.6 is 0 Å². The molecule has 0 N–H and O–H groups in total. The molecule has 1 atom stereocenters. The van der Waals surface area contributed by atoms with E-state index < -0.39 is 0 Å². The molecule has 2 aromatic rings. The second-order valence-corrected chi connectivity index (χ2v) is 4.60. The maximum Gasteiger partial charge on any atom is 0.124 e. The molecular formula is C17H16N2. The van der Waals surface area contributed by atoms with Gasteiger partial charge in [-0.2, -0.15) is 0 Å². The van der Waals surface area contributed by atoms with E-state index in [9.17, 15) is 0 Å². The monoisotopic (exact) mass is 248 g/mol. The lowest BCUT2D eigenvalue weighted by Gasteiger charge is -2.14. The summed E-state index contributed by atoms with van der Waals surface area (Å²) in [5.41, 5.74) is 3.59. The molecule has 2 nitrogen and oxygen atoms in total.